The molecule has 0 amide bonds. The molecule has 0 N–H and O–H groups in total. The van der Waals surface area contributed by atoms with Gasteiger partial charge in [-0.05, 0) is 0 Å². The molecule has 0 atom stereocenters. The molecule has 7 heavy (non-hydrogen) atoms. The van der Waals surface area contributed by atoms with E-state index in [-0.39, 0.29) is 51.4 Å². The van der Waals surface area contributed by atoms with Crippen molar-refractivity contribution < 1.29 is 68.1 Å². The molecule has 0 saturated carbocycles. The van der Waals surface area contributed by atoms with Gasteiger partial charge in [0, 0.05) is 0 Å². The third kappa shape index (κ3) is 11.4. The monoisotopic (exact) mass is 170 g/mol. The SMILES string of the molecule is O=S(=O)([O-])OCl.[K+]. The van der Waals surface area contributed by atoms with Crippen molar-refractivity contribution in [3.63, 3.8) is 0 Å². The summed E-state index contributed by atoms with van der Waals surface area (Å²) in [5.41, 5.74) is 0. The van der Waals surface area contributed by atoms with Gasteiger partial charge in [0.15, 0.2) is 0 Å². The Morgan fingerprint density at radius 1 is 1.57 bits per heavy atom. The van der Waals surface area contributed by atoms with Crippen molar-refractivity contribution in [1.82, 2.24) is 0 Å². The molecule has 0 spiro atoms. The van der Waals surface area contributed by atoms with E-state index in [9.17, 15) is 0 Å². The molecule has 0 aliphatic heterocycles. The Balaban J connectivity index is 0. The van der Waals surface area contributed by atoms with Crippen LogP contribution in [0.5, 0.6) is 0 Å². The number of rotatable bonds is 1. The van der Waals surface area contributed by atoms with E-state index in [0.29, 0.717) is 0 Å². The topological polar surface area (TPSA) is 66.4 Å². The Morgan fingerprint density at radius 2 is 1.71 bits per heavy atom. The normalized spacial score (nSPS) is 10.0. The van der Waals surface area contributed by atoms with Crippen LogP contribution in [0, 0.1) is 0 Å². The molecule has 7 heteroatoms. The van der Waals surface area contributed by atoms with Gasteiger partial charge in [-0.2, -0.15) is 3.74 Å². The molecule has 0 bridgehead atoms. The summed E-state index contributed by atoms with van der Waals surface area (Å²) in [5, 5.41) is 0. The van der Waals surface area contributed by atoms with Gasteiger partial charge in [-0.25, -0.2) is 8.42 Å². The summed E-state index contributed by atoms with van der Waals surface area (Å²) in [4.78, 5) is 0. The zero-order chi connectivity index (χ0) is 5.21. The third-order valence-corrected chi connectivity index (χ3v) is 0.694. The van der Waals surface area contributed by atoms with Gasteiger partial charge in [-0.1, -0.05) is 0 Å². The van der Waals surface area contributed by atoms with E-state index in [0.717, 1.165) is 0 Å². The van der Waals surface area contributed by atoms with Crippen LogP contribution in [-0.4, -0.2) is 13.0 Å². The van der Waals surface area contributed by atoms with Crippen molar-refractivity contribution in [3.8, 4) is 0 Å². The fourth-order valence-corrected chi connectivity index (χ4v) is 0. The van der Waals surface area contributed by atoms with E-state index in [2.05, 4.69) is 15.6 Å². The van der Waals surface area contributed by atoms with E-state index in [1.807, 2.05) is 0 Å². The Kier molecular flexibility index (Phi) is 7.70. The van der Waals surface area contributed by atoms with Crippen LogP contribution >= 0.6 is 11.9 Å². The van der Waals surface area contributed by atoms with Crippen LogP contribution in [-0.2, 0) is 14.1 Å². The van der Waals surface area contributed by atoms with Crippen molar-refractivity contribution in [2.75, 3.05) is 0 Å². The molecular formula is ClKO4S. The fourth-order valence-electron chi connectivity index (χ4n) is 0. The summed E-state index contributed by atoms with van der Waals surface area (Å²) < 4.78 is 30.1. The van der Waals surface area contributed by atoms with Gasteiger partial charge in [0.25, 0.3) is 0 Å². The van der Waals surface area contributed by atoms with Gasteiger partial charge in [-0.3, -0.25) is 0 Å². The predicted molar refractivity (Wildman–Crippen MR) is 16.6 cm³/mol. The molecule has 0 aliphatic rings. The Labute approximate surface area is 88.7 Å². The summed E-state index contributed by atoms with van der Waals surface area (Å²) in [7, 11) is -4.65. The molecule has 0 aromatic carbocycles. The molecule has 38 valence electrons. The van der Waals surface area contributed by atoms with E-state index in [1.54, 1.807) is 0 Å². The first-order chi connectivity index (χ1) is 2.56. The van der Waals surface area contributed by atoms with Crippen LogP contribution in [0.2, 0.25) is 0 Å². The molecule has 0 heterocycles. The van der Waals surface area contributed by atoms with Crippen molar-refractivity contribution >= 4 is 22.3 Å². The molecule has 0 aliphatic carbocycles. The third-order valence-electron chi connectivity index (χ3n) is 0.0772. The first kappa shape index (κ1) is 11.6. The predicted octanol–water partition coefficient (Wildman–Crippen LogP) is -3.38. The summed E-state index contributed by atoms with van der Waals surface area (Å²) in [6, 6.07) is 0. The fraction of sp³-hybridized carbons (Fsp3) is 0. The molecule has 4 nitrogen and oxygen atoms in total. The van der Waals surface area contributed by atoms with Crippen LogP contribution in [0.1, 0.15) is 0 Å². The Morgan fingerprint density at radius 3 is 1.71 bits per heavy atom. The Hall–Kier alpha value is 1.80. The molecular weight excluding hydrogens is 171 g/mol. The smallest absolute Gasteiger partial charge is 0.725 e. The first-order valence-electron chi connectivity index (χ1n) is 0.821. The minimum absolute atomic E-state index is 0. The summed E-state index contributed by atoms with van der Waals surface area (Å²) in [5.74, 6) is 0. The van der Waals surface area contributed by atoms with Gasteiger partial charge < -0.3 is 4.55 Å². The summed E-state index contributed by atoms with van der Waals surface area (Å²) in [6.07, 6.45) is 0. The quantitative estimate of drug-likeness (QED) is 0.234. The first-order valence-corrected chi connectivity index (χ1v) is 2.46. The molecule has 0 fully saturated rings. The Bertz CT molecular complexity index is 114. The van der Waals surface area contributed by atoms with Crippen molar-refractivity contribution in [2.45, 2.75) is 0 Å². The van der Waals surface area contributed by atoms with Gasteiger partial charge in [-0.15, -0.1) is 0 Å². The van der Waals surface area contributed by atoms with Crippen LogP contribution in [0.3, 0.4) is 0 Å². The summed E-state index contributed by atoms with van der Waals surface area (Å²) in [6.45, 7) is 0. The van der Waals surface area contributed by atoms with Gasteiger partial charge in [0.1, 0.15) is 0 Å². The molecule has 0 saturated heterocycles. The maximum absolute atomic E-state index is 9.09. The van der Waals surface area contributed by atoms with Gasteiger partial charge in [0.05, 0.1) is 11.9 Å². The van der Waals surface area contributed by atoms with Crippen LogP contribution in [0.25, 0.3) is 0 Å². The van der Waals surface area contributed by atoms with Crippen molar-refractivity contribution in [1.29, 1.82) is 0 Å². The largest absolute Gasteiger partial charge is 1.00 e. The number of hydrogen-bond acceptors (Lipinski definition) is 4. The maximum atomic E-state index is 9.09. The molecule has 0 radical (unpaired) electrons. The average Bonchev–Trinajstić information content (AvgIpc) is 1.35. The van der Waals surface area contributed by atoms with Crippen molar-refractivity contribution in [3.05, 3.63) is 0 Å². The maximum Gasteiger partial charge on any atom is 1.00 e. The van der Waals surface area contributed by atoms with E-state index in [4.69, 9.17) is 13.0 Å². The molecule has 0 aromatic rings. The zero-order valence-electron chi connectivity index (χ0n) is 3.42. The minimum atomic E-state index is -4.65. The van der Waals surface area contributed by atoms with Crippen LogP contribution in [0.15, 0.2) is 0 Å². The van der Waals surface area contributed by atoms with Gasteiger partial charge in [0.2, 0.25) is 10.4 Å². The van der Waals surface area contributed by atoms with Gasteiger partial charge >= 0.3 is 51.4 Å². The van der Waals surface area contributed by atoms with Crippen LogP contribution < -0.4 is 51.4 Å². The minimum Gasteiger partial charge on any atom is -0.725 e. The summed E-state index contributed by atoms with van der Waals surface area (Å²) >= 11 is 4.08. The molecule has 0 rings (SSSR count). The second kappa shape index (κ2) is 4.65. The van der Waals surface area contributed by atoms with Crippen LogP contribution in [0.4, 0.5) is 0 Å². The number of halogens is 1. The van der Waals surface area contributed by atoms with E-state index in [1.165, 1.54) is 0 Å². The van der Waals surface area contributed by atoms with E-state index < -0.39 is 10.4 Å². The second-order valence-corrected chi connectivity index (χ2v) is 1.79. The zero-order valence-corrected chi connectivity index (χ0v) is 8.11. The van der Waals surface area contributed by atoms with Crippen molar-refractivity contribution in [2.24, 2.45) is 0 Å². The average molecular weight is 171 g/mol. The van der Waals surface area contributed by atoms with E-state index >= 15 is 0 Å². The molecule has 0 aromatic heterocycles. The second-order valence-electron chi connectivity index (χ2n) is 0.471. The number of hydrogen-bond donors (Lipinski definition) is 0. The standard InChI is InChI=1S/ClHO4S.K/c1-5-6(2,3)4;/h(H,2,3,4);/q;+1/p-1. The molecule has 0 unspecified atom stereocenters.